The fraction of sp³-hybridized carbons (Fsp3) is 0.571. The summed E-state index contributed by atoms with van der Waals surface area (Å²) < 4.78 is 6.02. The van der Waals surface area contributed by atoms with E-state index in [0.29, 0.717) is 19.2 Å². The molecule has 4 atom stereocenters. The van der Waals surface area contributed by atoms with Crippen molar-refractivity contribution in [2.24, 2.45) is 17.8 Å². The molecule has 2 N–H and O–H groups in total. The van der Waals surface area contributed by atoms with Gasteiger partial charge in [-0.05, 0) is 81.5 Å². The maximum Gasteiger partial charge on any atom is 0.455 e. The summed E-state index contributed by atoms with van der Waals surface area (Å²) in [7, 11) is -0.923. The normalized spacial score (nSPS) is 30.1. The van der Waals surface area contributed by atoms with Crippen molar-refractivity contribution in [3.63, 3.8) is 0 Å². The molecule has 3 fully saturated rings. The van der Waals surface area contributed by atoms with E-state index in [1.165, 1.54) is 12.0 Å². The molecule has 0 radical (unpaired) electrons. The lowest BCUT2D eigenvalue weighted by atomic mass is 9.59. The minimum absolute atomic E-state index is 0.00973. The lowest BCUT2D eigenvalue weighted by Crippen LogP contribution is -2.46. The van der Waals surface area contributed by atoms with Gasteiger partial charge in [0.15, 0.2) is 0 Å². The first-order chi connectivity index (χ1) is 16.8. The number of hydrogen-bond acceptors (Lipinski definition) is 5. The van der Waals surface area contributed by atoms with Gasteiger partial charge in [0, 0.05) is 6.04 Å². The fourth-order valence-electron chi connectivity index (χ4n) is 6.93. The monoisotopic (exact) mass is 477 g/mol. The van der Waals surface area contributed by atoms with Crippen LogP contribution in [-0.2, 0) is 14.2 Å². The van der Waals surface area contributed by atoms with Crippen molar-refractivity contribution in [3.05, 3.63) is 46.5 Å². The highest BCUT2D eigenvalue weighted by molar-refractivity contribution is 6.43. The van der Waals surface area contributed by atoms with Gasteiger partial charge in [-0.15, -0.1) is 0 Å². The average molecular weight is 477 g/mol. The third-order valence-corrected chi connectivity index (χ3v) is 8.53. The minimum atomic E-state index is -0.923. The molecule has 2 aliphatic heterocycles. The predicted octanol–water partition coefficient (Wildman–Crippen LogP) is 4.73. The van der Waals surface area contributed by atoms with E-state index in [4.69, 9.17) is 4.65 Å². The molecular weight excluding hydrogens is 441 g/mol. The van der Waals surface area contributed by atoms with Crippen LogP contribution in [0, 0.1) is 17.8 Å². The van der Waals surface area contributed by atoms with Gasteiger partial charge in [-0.1, -0.05) is 48.6 Å². The van der Waals surface area contributed by atoms with Crippen molar-refractivity contribution in [3.8, 4) is 5.75 Å². The minimum Gasteiger partial charge on any atom is -0.508 e. The van der Waals surface area contributed by atoms with Crippen molar-refractivity contribution in [2.75, 3.05) is 0 Å². The highest BCUT2D eigenvalue weighted by Gasteiger charge is 2.57. The molecule has 2 saturated heterocycles. The molecule has 7 heteroatoms. The summed E-state index contributed by atoms with van der Waals surface area (Å²) in [6, 6.07) is 7.15. The SMILES string of the molecule is CC1=C2[C@@H](CC/C(C)=C/c3ccc(O)cc3)OB(O)C[C@@H]2[C@@H]2C(=O)N(C3CCCCC3)C(=O)[C@@H]2C1. The van der Waals surface area contributed by atoms with E-state index < -0.39 is 7.12 Å². The Balaban J connectivity index is 1.34. The van der Waals surface area contributed by atoms with Gasteiger partial charge in [-0.2, -0.15) is 0 Å². The number of allylic oxidation sites excluding steroid dienone is 2. The first-order valence-corrected chi connectivity index (χ1v) is 13.2. The molecule has 1 aromatic carbocycles. The Hall–Kier alpha value is -2.38. The molecule has 35 heavy (non-hydrogen) atoms. The summed E-state index contributed by atoms with van der Waals surface area (Å²) in [5, 5.41) is 20.1. The predicted molar refractivity (Wildman–Crippen MR) is 135 cm³/mol. The Morgan fingerprint density at radius 2 is 1.83 bits per heavy atom. The van der Waals surface area contributed by atoms with Crippen LogP contribution in [-0.4, -0.2) is 46.1 Å². The Morgan fingerprint density at radius 1 is 1.11 bits per heavy atom. The van der Waals surface area contributed by atoms with Gasteiger partial charge >= 0.3 is 7.12 Å². The molecule has 1 aromatic rings. The van der Waals surface area contributed by atoms with Crippen molar-refractivity contribution in [1.29, 1.82) is 0 Å². The number of phenols is 1. The molecule has 5 rings (SSSR count). The van der Waals surface area contributed by atoms with E-state index in [-0.39, 0.29) is 47.5 Å². The van der Waals surface area contributed by atoms with Crippen molar-refractivity contribution in [1.82, 2.24) is 4.90 Å². The van der Waals surface area contributed by atoms with Gasteiger partial charge in [0.2, 0.25) is 11.8 Å². The van der Waals surface area contributed by atoms with Crippen LogP contribution in [0.4, 0.5) is 0 Å². The van der Waals surface area contributed by atoms with E-state index in [0.717, 1.165) is 48.8 Å². The number of likely N-dealkylation sites (tertiary alicyclic amines) is 1. The van der Waals surface area contributed by atoms with E-state index in [2.05, 4.69) is 19.9 Å². The molecule has 2 amide bonds. The Bertz CT molecular complexity index is 1040. The first kappa shape index (κ1) is 24.3. The van der Waals surface area contributed by atoms with Crippen molar-refractivity contribution in [2.45, 2.75) is 83.7 Å². The molecule has 0 aromatic heterocycles. The molecule has 1 saturated carbocycles. The second-order valence-corrected chi connectivity index (χ2v) is 11.0. The fourth-order valence-corrected chi connectivity index (χ4v) is 6.93. The number of rotatable bonds is 5. The summed E-state index contributed by atoms with van der Waals surface area (Å²) in [5.41, 5.74) is 4.50. The van der Waals surface area contributed by atoms with E-state index in [1.54, 1.807) is 17.0 Å². The second kappa shape index (κ2) is 9.94. The van der Waals surface area contributed by atoms with Crippen molar-refractivity contribution >= 4 is 25.0 Å². The van der Waals surface area contributed by atoms with E-state index >= 15 is 0 Å². The summed E-state index contributed by atoms with van der Waals surface area (Å²) in [6.45, 7) is 4.15. The van der Waals surface area contributed by atoms with Gasteiger partial charge in [0.25, 0.3) is 0 Å². The average Bonchev–Trinajstić information content (AvgIpc) is 3.09. The number of phenolic OH excluding ortho intramolecular Hbond substituents is 1. The first-order valence-electron chi connectivity index (χ1n) is 13.2. The highest BCUT2D eigenvalue weighted by atomic mass is 16.5. The molecule has 2 heterocycles. The van der Waals surface area contributed by atoms with Gasteiger partial charge in [-0.3, -0.25) is 14.5 Å². The van der Waals surface area contributed by atoms with Crippen LogP contribution < -0.4 is 0 Å². The Labute approximate surface area is 208 Å². The molecule has 6 nitrogen and oxygen atoms in total. The number of benzene rings is 1. The smallest absolute Gasteiger partial charge is 0.455 e. The van der Waals surface area contributed by atoms with Crippen LogP contribution in [0.3, 0.4) is 0 Å². The van der Waals surface area contributed by atoms with E-state index in [1.807, 2.05) is 12.1 Å². The highest BCUT2D eigenvalue weighted by Crippen LogP contribution is 2.51. The molecule has 0 spiro atoms. The zero-order valence-electron chi connectivity index (χ0n) is 20.8. The number of nitrogens with zero attached hydrogens (tertiary/aromatic N) is 1. The zero-order valence-corrected chi connectivity index (χ0v) is 20.8. The van der Waals surface area contributed by atoms with Gasteiger partial charge < -0.3 is 14.8 Å². The van der Waals surface area contributed by atoms with E-state index in [9.17, 15) is 19.7 Å². The third-order valence-electron chi connectivity index (χ3n) is 8.53. The summed E-state index contributed by atoms with van der Waals surface area (Å²) in [5.74, 6) is -0.545. The summed E-state index contributed by atoms with van der Waals surface area (Å²) in [6.07, 6.45) is 9.51. The molecular formula is C28H36BNO5. The maximum atomic E-state index is 13.7. The molecule has 2 aliphatic carbocycles. The number of carbonyl (C=O) groups excluding carboxylic acids is 2. The molecule has 0 bridgehead atoms. The maximum absolute atomic E-state index is 13.7. The molecule has 4 aliphatic rings. The second-order valence-electron chi connectivity index (χ2n) is 11.0. The topological polar surface area (TPSA) is 87.1 Å². The summed E-state index contributed by atoms with van der Waals surface area (Å²) >= 11 is 0. The number of carbonyl (C=O) groups is 2. The Kier molecular flexibility index (Phi) is 6.91. The standard InChI is InChI=1S/C28H36BNO5/c1-17(14-19-9-11-21(31)12-10-19)8-13-24-25-18(2)15-22-26(23(25)16-29(34)35-24)28(33)30(27(22)32)20-6-4-3-5-7-20/h9-12,14,20,22-24,26,31,34H,3-8,13,15-16H2,1-2H3/b17-14+/t22-,23+,24-,26-/m1/s1. The van der Waals surface area contributed by atoms with Crippen LogP contribution >= 0.6 is 0 Å². The quantitative estimate of drug-likeness (QED) is 0.364. The number of aromatic hydroxyl groups is 1. The number of hydrogen-bond donors (Lipinski definition) is 2. The summed E-state index contributed by atoms with van der Waals surface area (Å²) in [4.78, 5) is 28.7. The van der Waals surface area contributed by atoms with Gasteiger partial charge in [0.1, 0.15) is 5.75 Å². The lowest BCUT2D eigenvalue weighted by molar-refractivity contribution is -0.143. The van der Waals surface area contributed by atoms with Gasteiger partial charge in [0.05, 0.1) is 17.9 Å². The lowest BCUT2D eigenvalue weighted by Gasteiger charge is -2.42. The van der Waals surface area contributed by atoms with Gasteiger partial charge in [-0.25, -0.2) is 0 Å². The number of amides is 2. The number of imide groups is 1. The van der Waals surface area contributed by atoms with Crippen molar-refractivity contribution < 1.29 is 24.4 Å². The van der Waals surface area contributed by atoms with Crippen LogP contribution in [0.5, 0.6) is 5.75 Å². The van der Waals surface area contributed by atoms with Crippen LogP contribution in [0.2, 0.25) is 6.32 Å². The molecule has 0 unspecified atom stereocenters. The van der Waals surface area contributed by atoms with Crippen LogP contribution in [0.1, 0.15) is 70.8 Å². The number of fused-ring (bicyclic) bond motifs is 3. The molecule has 186 valence electrons. The third kappa shape index (κ3) is 4.73. The zero-order chi connectivity index (χ0) is 24.7. The Morgan fingerprint density at radius 3 is 2.54 bits per heavy atom. The van der Waals surface area contributed by atoms with Crippen LogP contribution in [0.25, 0.3) is 6.08 Å². The largest absolute Gasteiger partial charge is 0.508 e. The van der Waals surface area contributed by atoms with Crippen LogP contribution in [0.15, 0.2) is 41.0 Å².